The Morgan fingerprint density at radius 2 is 2.09 bits per heavy atom. The number of aromatic amines is 1. The fourth-order valence-corrected chi connectivity index (χ4v) is 3.09. The second kappa shape index (κ2) is 5.87. The summed E-state index contributed by atoms with van der Waals surface area (Å²) in [6.45, 7) is 4.49. The van der Waals surface area contributed by atoms with Crippen LogP contribution in [0.2, 0.25) is 0 Å². The van der Waals surface area contributed by atoms with Crippen LogP contribution >= 0.6 is 0 Å². The molecular formula is C17H19N3O3. The van der Waals surface area contributed by atoms with E-state index in [2.05, 4.69) is 16.3 Å². The van der Waals surface area contributed by atoms with Gasteiger partial charge in [-0.15, -0.1) is 0 Å². The van der Waals surface area contributed by atoms with Gasteiger partial charge >= 0.3 is 5.97 Å². The Kier molecular flexibility index (Phi) is 3.90. The van der Waals surface area contributed by atoms with Gasteiger partial charge in [0.2, 0.25) is 0 Å². The summed E-state index contributed by atoms with van der Waals surface area (Å²) >= 11 is 0. The maximum absolute atomic E-state index is 12.5. The summed E-state index contributed by atoms with van der Waals surface area (Å²) in [5, 5.41) is 16.2. The lowest BCUT2D eigenvalue weighted by atomic mass is 10.0. The lowest BCUT2D eigenvalue weighted by Crippen LogP contribution is -2.40. The van der Waals surface area contributed by atoms with Gasteiger partial charge in [0.25, 0.3) is 5.91 Å². The number of amides is 1. The zero-order valence-electron chi connectivity index (χ0n) is 13.2. The Labute approximate surface area is 134 Å². The number of nitrogens with one attached hydrogen (secondary N) is 1. The minimum absolute atomic E-state index is 0.307. The molecule has 2 heterocycles. The molecule has 0 radical (unpaired) electrons. The fourth-order valence-electron chi connectivity index (χ4n) is 3.09. The molecule has 6 heteroatoms. The molecule has 1 fully saturated rings. The van der Waals surface area contributed by atoms with Crippen molar-refractivity contribution in [1.82, 2.24) is 15.1 Å². The van der Waals surface area contributed by atoms with Gasteiger partial charge < -0.3 is 10.0 Å². The fraction of sp³-hybridized carbons (Fsp3) is 0.353. The largest absolute Gasteiger partial charge is 0.480 e. The molecule has 0 bridgehead atoms. The van der Waals surface area contributed by atoms with E-state index in [-0.39, 0.29) is 5.91 Å². The molecule has 1 aliphatic heterocycles. The van der Waals surface area contributed by atoms with E-state index in [0.717, 1.165) is 11.1 Å². The number of aryl methyl sites for hydroxylation is 2. The number of carbonyl (C=O) groups is 2. The van der Waals surface area contributed by atoms with Crippen LogP contribution in [-0.4, -0.2) is 44.7 Å². The van der Waals surface area contributed by atoms with E-state index in [4.69, 9.17) is 0 Å². The van der Waals surface area contributed by atoms with Crippen LogP contribution in [0.5, 0.6) is 0 Å². The lowest BCUT2D eigenvalue weighted by Gasteiger charge is -2.20. The van der Waals surface area contributed by atoms with Gasteiger partial charge in [0.1, 0.15) is 11.7 Å². The zero-order chi connectivity index (χ0) is 16.6. The van der Waals surface area contributed by atoms with Crippen molar-refractivity contribution in [2.24, 2.45) is 0 Å². The van der Waals surface area contributed by atoms with E-state index in [0.29, 0.717) is 30.8 Å². The monoisotopic (exact) mass is 313 g/mol. The second-order valence-electron chi connectivity index (χ2n) is 5.98. The molecule has 23 heavy (non-hydrogen) atoms. The first-order valence-corrected chi connectivity index (χ1v) is 7.64. The Morgan fingerprint density at radius 3 is 2.78 bits per heavy atom. The van der Waals surface area contributed by atoms with Crippen LogP contribution in [0, 0.1) is 13.8 Å². The number of nitrogens with zero attached hydrogens (tertiary/aromatic N) is 2. The van der Waals surface area contributed by atoms with Crippen LogP contribution in [0.4, 0.5) is 0 Å². The summed E-state index contributed by atoms with van der Waals surface area (Å²) in [5.41, 5.74) is 4.23. The van der Waals surface area contributed by atoms with Gasteiger partial charge in [-0.25, -0.2) is 4.79 Å². The standard InChI is InChI=1S/C17H19N3O3/c1-10-5-6-12(11(2)8-10)13-9-14(19-18-13)16(21)20-7-3-4-15(20)17(22)23/h5-6,8-9,15H,3-4,7H2,1-2H3,(H,18,19)(H,22,23). The highest BCUT2D eigenvalue weighted by Crippen LogP contribution is 2.25. The number of benzene rings is 1. The third-order valence-corrected chi connectivity index (χ3v) is 4.26. The normalized spacial score (nSPS) is 17.5. The van der Waals surface area contributed by atoms with Crippen molar-refractivity contribution in [1.29, 1.82) is 0 Å². The van der Waals surface area contributed by atoms with Crippen molar-refractivity contribution in [3.8, 4) is 11.3 Å². The Bertz CT molecular complexity index is 766. The Balaban J connectivity index is 1.87. The summed E-state index contributed by atoms with van der Waals surface area (Å²) in [7, 11) is 0. The van der Waals surface area contributed by atoms with E-state index in [1.54, 1.807) is 6.07 Å². The minimum atomic E-state index is -0.954. The van der Waals surface area contributed by atoms with Crippen LogP contribution in [0.15, 0.2) is 24.3 Å². The molecule has 2 aromatic rings. The molecule has 1 aliphatic rings. The number of H-pyrrole nitrogens is 1. The highest BCUT2D eigenvalue weighted by molar-refractivity contribution is 5.96. The van der Waals surface area contributed by atoms with Crippen LogP contribution in [0.3, 0.4) is 0 Å². The summed E-state index contributed by atoms with van der Waals surface area (Å²) in [6, 6.07) is 6.99. The van der Waals surface area contributed by atoms with E-state index >= 15 is 0 Å². The Morgan fingerprint density at radius 1 is 1.30 bits per heavy atom. The van der Waals surface area contributed by atoms with E-state index in [9.17, 15) is 14.7 Å². The van der Waals surface area contributed by atoms with Gasteiger partial charge in [0.05, 0.1) is 5.69 Å². The van der Waals surface area contributed by atoms with Crippen LogP contribution in [0.1, 0.15) is 34.5 Å². The number of rotatable bonds is 3. The highest BCUT2D eigenvalue weighted by Gasteiger charge is 2.35. The summed E-state index contributed by atoms with van der Waals surface area (Å²) in [6.07, 6.45) is 1.21. The number of hydrogen-bond donors (Lipinski definition) is 2. The van der Waals surface area contributed by atoms with Gasteiger partial charge in [-0.3, -0.25) is 9.89 Å². The molecule has 0 saturated carbocycles. The number of aliphatic carboxylic acids is 1. The van der Waals surface area contributed by atoms with Crippen molar-refractivity contribution in [2.75, 3.05) is 6.54 Å². The van der Waals surface area contributed by atoms with Crippen molar-refractivity contribution in [2.45, 2.75) is 32.7 Å². The summed E-state index contributed by atoms with van der Waals surface area (Å²) in [4.78, 5) is 25.2. The van der Waals surface area contributed by atoms with Crippen molar-refractivity contribution < 1.29 is 14.7 Å². The molecule has 6 nitrogen and oxygen atoms in total. The number of hydrogen-bond acceptors (Lipinski definition) is 3. The van der Waals surface area contributed by atoms with E-state index < -0.39 is 12.0 Å². The predicted molar refractivity (Wildman–Crippen MR) is 85.2 cm³/mol. The first-order valence-electron chi connectivity index (χ1n) is 7.64. The van der Waals surface area contributed by atoms with Crippen molar-refractivity contribution >= 4 is 11.9 Å². The molecule has 1 unspecified atom stereocenters. The topological polar surface area (TPSA) is 86.3 Å². The second-order valence-corrected chi connectivity index (χ2v) is 5.98. The van der Waals surface area contributed by atoms with E-state index in [1.165, 1.54) is 10.5 Å². The highest BCUT2D eigenvalue weighted by atomic mass is 16.4. The van der Waals surface area contributed by atoms with Crippen LogP contribution < -0.4 is 0 Å². The Hall–Kier alpha value is -2.63. The van der Waals surface area contributed by atoms with Gasteiger partial charge in [0, 0.05) is 12.1 Å². The number of carboxylic acids is 1. The van der Waals surface area contributed by atoms with Gasteiger partial charge in [-0.2, -0.15) is 5.10 Å². The molecule has 0 aliphatic carbocycles. The number of likely N-dealkylation sites (tertiary alicyclic amines) is 1. The zero-order valence-corrected chi connectivity index (χ0v) is 13.2. The maximum Gasteiger partial charge on any atom is 0.326 e. The van der Waals surface area contributed by atoms with Gasteiger partial charge in [0.15, 0.2) is 0 Å². The molecule has 1 amide bonds. The molecule has 3 rings (SSSR count). The smallest absolute Gasteiger partial charge is 0.326 e. The number of carboxylic acid groups (broad SMARTS) is 1. The summed E-state index contributed by atoms with van der Waals surface area (Å²) < 4.78 is 0. The predicted octanol–water partition coefficient (Wildman–Crippen LogP) is 2.38. The van der Waals surface area contributed by atoms with Crippen molar-refractivity contribution in [3.05, 3.63) is 41.1 Å². The average Bonchev–Trinajstić information content (AvgIpc) is 3.16. The van der Waals surface area contributed by atoms with Crippen LogP contribution in [-0.2, 0) is 4.79 Å². The SMILES string of the molecule is Cc1ccc(-c2cc(C(=O)N3CCCC3C(=O)O)[nH]n2)c(C)c1. The molecule has 120 valence electrons. The first kappa shape index (κ1) is 15.3. The maximum atomic E-state index is 12.5. The third-order valence-electron chi connectivity index (χ3n) is 4.26. The number of aromatic nitrogens is 2. The lowest BCUT2D eigenvalue weighted by molar-refractivity contribution is -0.141. The first-order chi connectivity index (χ1) is 11.0. The molecule has 1 saturated heterocycles. The minimum Gasteiger partial charge on any atom is -0.480 e. The van der Waals surface area contributed by atoms with E-state index in [1.807, 2.05) is 26.0 Å². The van der Waals surface area contributed by atoms with Crippen molar-refractivity contribution in [3.63, 3.8) is 0 Å². The molecular weight excluding hydrogens is 294 g/mol. The average molecular weight is 313 g/mol. The molecule has 1 atom stereocenters. The molecule has 2 N–H and O–H groups in total. The number of carbonyl (C=O) groups excluding carboxylic acids is 1. The summed E-state index contributed by atoms with van der Waals surface area (Å²) in [5.74, 6) is -1.26. The molecule has 1 aromatic heterocycles. The molecule has 0 spiro atoms. The third kappa shape index (κ3) is 2.84. The van der Waals surface area contributed by atoms with Crippen LogP contribution in [0.25, 0.3) is 11.3 Å². The van der Waals surface area contributed by atoms with Gasteiger partial charge in [-0.05, 0) is 38.3 Å². The molecule has 1 aromatic carbocycles. The van der Waals surface area contributed by atoms with Gasteiger partial charge in [-0.1, -0.05) is 23.8 Å². The quantitative estimate of drug-likeness (QED) is 0.911.